The van der Waals surface area contributed by atoms with Crippen molar-refractivity contribution >= 4 is 0 Å². The van der Waals surface area contributed by atoms with Gasteiger partial charge in [0, 0.05) is 26.2 Å². The number of nitrogens with zero attached hydrogens (tertiary/aromatic N) is 1. The van der Waals surface area contributed by atoms with Crippen molar-refractivity contribution in [2.75, 3.05) is 32.8 Å². The van der Waals surface area contributed by atoms with Crippen molar-refractivity contribution in [3.8, 4) is 5.75 Å². The molecule has 0 aromatic heterocycles. The Bertz CT molecular complexity index is 507. The lowest BCUT2D eigenvalue weighted by molar-refractivity contribution is 0.0102. The van der Waals surface area contributed by atoms with Gasteiger partial charge >= 0.3 is 0 Å². The summed E-state index contributed by atoms with van der Waals surface area (Å²) >= 11 is 0. The molecule has 0 aliphatic carbocycles. The van der Waals surface area contributed by atoms with Crippen LogP contribution in [0.15, 0.2) is 42.3 Å². The van der Waals surface area contributed by atoms with Crippen LogP contribution in [0.2, 0.25) is 0 Å². The first-order chi connectivity index (χ1) is 11.2. The van der Waals surface area contributed by atoms with Gasteiger partial charge in [-0.25, -0.2) is 0 Å². The Hall–Kier alpha value is -1.68. The standard InChI is InChI=1S/C19H28N2O2/c1-19(23-17-7-3-2-4-8-17)10-13-21(14-11-19)15-16-22-18-9-5-6-12-20-18/h2-4,7-9,20H,5-6,10-16H2,1H3. The molecule has 1 N–H and O–H groups in total. The summed E-state index contributed by atoms with van der Waals surface area (Å²) in [6, 6.07) is 10.2. The van der Waals surface area contributed by atoms with Crippen molar-refractivity contribution in [3.05, 3.63) is 42.3 Å². The monoisotopic (exact) mass is 316 g/mol. The molecule has 1 aromatic carbocycles. The van der Waals surface area contributed by atoms with Crippen LogP contribution in [0.1, 0.15) is 32.6 Å². The zero-order valence-corrected chi connectivity index (χ0v) is 14.1. The number of hydrogen-bond donors (Lipinski definition) is 1. The molecule has 2 aliphatic heterocycles. The summed E-state index contributed by atoms with van der Waals surface area (Å²) < 4.78 is 12.0. The van der Waals surface area contributed by atoms with E-state index < -0.39 is 0 Å². The molecule has 0 atom stereocenters. The van der Waals surface area contributed by atoms with Gasteiger partial charge in [-0.3, -0.25) is 4.90 Å². The SMILES string of the molecule is CC1(Oc2ccccc2)CCN(CCOC2=CCCCN2)CC1. The van der Waals surface area contributed by atoms with Crippen LogP contribution < -0.4 is 10.1 Å². The van der Waals surface area contributed by atoms with E-state index >= 15 is 0 Å². The third-order valence-corrected chi connectivity index (χ3v) is 4.70. The Morgan fingerprint density at radius 2 is 1.96 bits per heavy atom. The lowest BCUT2D eigenvalue weighted by Gasteiger charge is -2.39. The summed E-state index contributed by atoms with van der Waals surface area (Å²) in [4.78, 5) is 2.47. The van der Waals surface area contributed by atoms with E-state index in [2.05, 4.69) is 23.2 Å². The predicted octanol–water partition coefficient (Wildman–Crippen LogP) is 3.16. The Labute approximate surface area is 139 Å². The number of piperidine rings is 1. The first kappa shape index (κ1) is 16.2. The van der Waals surface area contributed by atoms with Crippen molar-refractivity contribution in [1.82, 2.24) is 10.2 Å². The third-order valence-electron chi connectivity index (χ3n) is 4.70. The molecule has 4 nitrogen and oxygen atoms in total. The largest absolute Gasteiger partial charge is 0.487 e. The fraction of sp³-hybridized carbons (Fsp3) is 0.579. The second kappa shape index (κ2) is 7.73. The van der Waals surface area contributed by atoms with Gasteiger partial charge in [0.1, 0.15) is 18.0 Å². The number of rotatable bonds is 6. The van der Waals surface area contributed by atoms with Gasteiger partial charge in [-0.05, 0) is 50.8 Å². The molecule has 0 saturated carbocycles. The normalized spacial score (nSPS) is 21.2. The maximum absolute atomic E-state index is 6.21. The van der Waals surface area contributed by atoms with Crippen molar-refractivity contribution in [2.45, 2.75) is 38.2 Å². The minimum atomic E-state index is -0.0494. The van der Waals surface area contributed by atoms with E-state index in [0.717, 1.165) is 63.7 Å². The molecular weight excluding hydrogens is 288 g/mol. The van der Waals surface area contributed by atoms with E-state index in [1.54, 1.807) is 0 Å². The smallest absolute Gasteiger partial charge is 0.182 e. The number of likely N-dealkylation sites (tertiary alicyclic amines) is 1. The minimum Gasteiger partial charge on any atom is -0.487 e. The summed E-state index contributed by atoms with van der Waals surface area (Å²) in [6.07, 6.45) is 6.61. The summed E-state index contributed by atoms with van der Waals surface area (Å²) in [5.41, 5.74) is -0.0494. The van der Waals surface area contributed by atoms with Crippen LogP contribution in [0.5, 0.6) is 5.75 Å². The summed E-state index contributed by atoms with van der Waals surface area (Å²) in [6.45, 7) is 7.14. The van der Waals surface area contributed by atoms with E-state index in [1.165, 1.54) is 6.42 Å². The number of para-hydroxylation sites is 1. The zero-order chi connectivity index (χ0) is 16.0. The molecule has 2 aliphatic rings. The molecule has 0 bridgehead atoms. The summed E-state index contributed by atoms with van der Waals surface area (Å²) in [5, 5.41) is 3.30. The first-order valence-corrected chi connectivity index (χ1v) is 8.77. The van der Waals surface area contributed by atoms with Crippen LogP contribution in [0.25, 0.3) is 0 Å². The Morgan fingerprint density at radius 1 is 1.17 bits per heavy atom. The molecule has 1 saturated heterocycles. The molecule has 4 heteroatoms. The lowest BCUT2D eigenvalue weighted by atomic mass is 9.93. The summed E-state index contributed by atoms with van der Waals surface area (Å²) in [7, 11) is 0. The van der Waals surface area contributed by atoms with E-state index in [4.69, 9.17) is 9.47 Å². The highest BCUT2D eigenvalue weighted by atomic mass is 16.5. The molecule has 3 rings (SSSR count). The van der Waals surface area contributed by atoms with Gasteiger partial charge in [0.2, 0.25) is 0 Å². The van der Waals surface area contributed by atoms with Crippen LogP contribution in [0.4, 0.5) is 0 Å². The quantitative estimate of drug-likeness (QED) is 0.874. The first-order valence-electron chi connectivity index (χ1n) is 8.77. The number of nitrogens with one attached hydrogen (secondary N) is 1. The van der Waals surface area contributed by atoms with Crippen molar-refractivity contribution < 1.29 is 9.47 Å². The average Bonchev–Trinajstić information content (AvgIpc) is 2.59. The van der Waals surface area contributed by atoms with Crippen LogP contribution in [-0.2, 0) is 4.74 Å². The van der Waals surface area contributed by atoms with Crippen LogP contribution in [-0.4, -0.2) is 43.3 Å². The van der Waals surface area contributed by atoms with Crippen molar-refractivity contribution in [1.29, 1.82) is 0 Å². The number of hydrogen-bond acceptors (Lipinski definition) is 4. The number of benzene rings is 1. The minimum absolute atomic E-state index is 0.0494. The molecule has 0 amide bonds. The van der Waals surface area contributed by atoms with Crippen LogP contribution >= 0.6 is 0 Å². The van der Waals surface area contributed by atoms with Crippen molar-refractivity contribution in [3.63, 3.8) is 0 Å². The lowest BCUT2D eigenvalue weighted by Crippen LogP contribution is -2.46. The van der Waals surface area contributed by atoms with Gasteiger partial charge in [0.15, 0.2) is 5.88 Å². The van der Waals surface area contributed by atoms with Gasteiger partial charge in [-0.15, -0.1) is 0 Å². The predicted molar refractivity (Wildman–Crippen MR) is 92.4 cm³/mol. The Balaban J connectivity index is 1.38. The highest BCUT2D eigenvalue weighted by molar-refractivity contribution is 5.22. The van der Waals surface area contributed by atoms with E-state index in [0.29, 0.717) is 0 Å². The number of allylic oxidation sites excluding steroid dienone is 1. The second-order valence-corrected chi connectivity index (χ2v) is 6.69. The maximum Gasteiger partial charge on any atom is 0.182 e. The molecule has 126 valence electrons. The Kier molecular flexibility index (Phi) is 5.44. The van der Waals surface area contributed by atoms with Gasteiger partial charge in [-0.2, -0.15) is 0 Å². The molecule has 0 radical (unpaired) electrons. The fourth-order valence-electron chi connectivity index (χ4n) is 3.14. The van der Waals surface area contributed by atoms with Gasteiger partial charge < -0.3 is 14.8 Å². The van der Waals surface area contributed by atoms with E-state index in [9.17, 15) is 0 Å². The molecule has 2 heterocycles. The van der Waals surface area contributed by atoms with E-state index in [1.807, 2.05) is 30.3 Å². The summed E-state index contributed by atoms with van der Waals surface area (Å²) in [5.74, 6) is 1.94. The van der Waals surface area contributed by atoms with Gasteiger partial charge in [-0.1, -0.05) is 18.2 Å². The van der Waals surface area contributed by atoms with E-state index in [-0.39, 0.29) is 5.60 Å². The molecule has 1 fully saturated rings. The van der Waals surface area contributed by atoms with Gasteiger partial charge in [0.05, 0.1) is 0 Å². The fourth-order valence-corrected chi connectivity index (χ4v) is 3.14. The zero-order valence-electron chi connectivity index (χ0n) is 14.1. The Morgan fingerprint density at radius 3 is 2.65 bits per heavy atom. The molecule has 1 aromatic rings. The van der Waals surface area contributed by atoms with Crippen LogP contribution in [0.3, 0.4) is 0 Å². The molecule has 23 heavy (non-hydrogen) atoms. The topological polar surface area (TPSA) is 33.7 Å². The van der Waals surface area contributed by atoms with Crippen LogP contribution in [0, 0.1) is 0 Å². The maximum atomic E-state index is 6.21. The highest BCUT2D eigenvalue weighted by Gasteiger charge is 2.31. The second-order valence-electron chi connectivity index (χ2n) is 6.69. The molecule has 0 unspecified atom stereocenters. The average molecular weight is 316 g/mol. The highest BCUT2D eigenvalue weighted by Crippen LogP contribution is 2.28. The third kappa shape index (κ3) is 4.90. The molecule has 0 spiro atoms. The van der Waals surface area contributed by atoms with Gasteiger partial charge in [0.25, 0.3) is 0 Å². The number of ether oxygens (including phenoxy) is 2. The molecular formula is C19H28N2O2. The van der Waals surface area contributed by atoms with Crippen molar-refractivity contribution in [2.24, 2.45) is 0 Å².